The van der Waals surface area contributed by atoms with Gasteiger partial charge < -0.3 is 4.90 Å². The molecule has 0 atom stereocenters. The van der Waals surface area contributed by atoms with Crippen LogP contribution < -0.4 is 0 Å². The Hall–Kier alpha value is -2.23. The SMILES string of the molecule is CCN1CCN(Cc2cc3ccccc3nc2-c2ccccc2)CC1. The van der Waals surface area contributed by atoms with Crippen LogP contribution >= 0.6 is 0 Å². The van der Waals surface area contributed by atoms with Crippen molar-refractivity contribution >= 4 is 10.9 Å². The number of piperazine rings is 1. The monoisotopic (exact) mass is 331 g/mol. The zero-order valence-electron chi connectivity index (χ0n) is 14.9. The van der Waals surface area contributed by atoms with Crippen molar-refractivity contribution in [3.8, 4) is 11.3 Å². The molecule has 1 aromatic heterocycles. The number of hydrogen-bond acceptors (Lipinski definition) is 3. The van der Waals surface area contributed by atoms with E-state index in [-0.39, 0.29) is 0 Å². The average molecular weight is 331 g/mol. The number of para-hydroxylation sites is 1. The van der Waals surface area contributed by atoms with Crippen molar-refractivity contribution in [3.63, 3.8) is 0 Å². The van der Waals surface area contributed by atoms with Crippen LogP contribution in [-0.4, -0.2) is 47.5 Å². The lowest BCUT2D eigenvalue weighted by atomic mass is 10.0. The minimum absolute atomic E-state index is 0.972. The molecule has 0 aliphatic carbocycles. The third-order valence-electron chi connectivity index (χ3n) is 5.16. The maximum atomic E-state index is 5.00. The molecule has 3 aromatic rings. The highest BCUT2D eigenvalue weighted by Crippen LogP contribution is 2.27. The average Bonchev–Trinajstić information content (AvgIpc) is 2.69. The smallest absolute Gasteiger partial charge is 0.0754 e. The van der Waals surface area contributed by atoms with E-state index in [1.165, 1.54) is 16.5 Å². The second-order valence-electron chi connectivity index (χ2n) is 6.77. The summed E-state index contributed by atoms with van der Waals surface area (Å²) in [5, 5.41) is 1.23. The predicted molar refractivity (Wildman–Crippen MR) is 105 cm³/mol. The van der Waals surface area contributed by atoms with Crippen molar-refractivity contribution in [2.75, 3.05) is 32.7 Å². The Balaban J connectivity index is 1.69. The molecule has 3 nitrogen and oxygen atoms in total. The zero-order chi connectivity index (χ0) is 17.1. The van der Waals surface area contributed by atoms with Gasteiger partial charge in [0.1, 0.15) is 0 Å². The molecule has 1 aliphatic heterocycles. The Labute approximate surface area is 149 Å². The fourth-order valence-corrected chi connectivity index (χ4v) is 3.63. The lowest BCUT2D eigenvalue weighted by Gasteiger charge is -2.34. The van der Waals surface area contributed by atoms with Gasteiger partial charge in [0.05, 0.1) is 11.2 Å². The molecule has 1 saturated heterocycles. The third-order valence-corrected chi connectivity index (χ3v) is 5.16. The maximum Gasteiger partial charge on any atom is 0.0754 e. The molecule has 0 unspecified atom stereocenters. The third kappa shape index (κ3) is 3.58. The van der Waals surface area contributed by atoms with Crippen LogP contribution in [0.15, 0.2) is 60.7 Å². The van der Waals surface area contributed by atoms with E-state index in [2.05, 4.69) is 77.4 Å². The second-order valence-corrected chi connectivity index (χ2v) is 6.77. The van der Waals surface area contributed by atoms with Crippen LogP contribution in [-0.2, 0) is 6.54 Å². The number of nitrogens with zero attached hydrogens (tertiary/aromatic N) is 3. The Morgan fingerprint density at radius 1 is 0.840 bits per heavy atom. The van der Waals surface area contributed by atoms with E-state index in [9.17, 15) is 0 Å². The number of pyridine rings is 1. The summed E-state index contributed by atoms with van der Waals surface area (Å²) in [6.45, 7) is 8.97. The van der Waals surface area contributed by atoms with E-state index < -0.39 is 0 Å². The number of hydrogen-bond donors (Lipinski definition) is 0. The Morgan fingerprint density at radius 2 is 1.52 bits per heavy atom. The van der Waals surface area contributed by atoms with Gasteiger partial charge in [0.15, 0.2) is 0 Å². The van der Waals surface area contributed by atoms with Crippen molar-refractivity contribution in [2.24, 2.45) is 0 Å². The molecule has 25 heavy (non-hydrogen) atoms. The van der Waals surface area contributed by atoms with Gasteiger partial charge in [0, 0.05) is 43.7 Å². The normalized spacial score (nSPS) is 16.4. The van der Waals surface area contributed by atoms with Crippen molar-refractivity contribution in [1.29, 1.82) is 0 Å². The molecule has 1 aliphatic rings. The fourth-order valence-electron chi connectivity index (χ4n) is 3.63. The Bertz CT molecular complexity index is 836. The van der Waals surface area contributed by atoms with Crippen molar-refractivity contribution in [1.82, 2.24) is 14.8 Å². The van der Waals surface area contributed by atoms with E-state index in [1.807, 2.05) is 0 Å². The maximum absolute atomic E-state index is 5.00. The van der Waals surface area contributed by atoms with Crippen molar-refractivity contribution < 1.29 is 0 Å². The quantitative estimate of drug-likeness (QED) is 0.719. The molecule has 0 amide bonds. The molecule has 1 fully saturated rings. The van der Waals surface area contributed by atoms with Crippen molar-refractivity contribution in [3.05, 3.63) is 66.2 Å². The van der Waals surface area contributed by atoms with Gasteiger partial charge in [-0.1, -0.05) is 55.5 Å². The highest BCUT2D eigenvalue weighted by molar-refractivity contribution is 5.83. The minimum Gasteiger partial charge on any atom is -0.301 e. The van der Waals surface area contributed by atoms with Crippen LogP contribution in [0.1, 0.15) is 12.5 Å². The van der Waals surface area contributed by atoms with Crippen LogP contribution in [0.2, 0.25) is 0 Å². The molecule has 0 N–H and O–H groups in total. The number of likely N-dealkylation sites (N-methyl/N-ethyl adjacent to an activating group) is 1. The van der Waals surface area contributed by atoms with Crippen LogP contribution in [0.5, 0.6) is 0 Å². The number of fused-ring (bicyclic) bond motifs is 1. The molecule has 2 heterocycles. The summed E-state index contributed by atoms with van der Waals surface area (Å²) in [5.41, 5.74) is 4.73. The molecule has 2 aromatic carbocycles. The molecule has 0 bridgehead atoms. The van der Waals surface area contributed by atoms with Crippen LogP contribution in [0.4, 0.5) is 0 Å². The van der Waals surface area contributed by atoms with Crippen molar-refractivity contribution in [2.45, 2.75) is 13.5 Å². The first-order chi connectivity index (χ1) is 12.3. The van der Waals surface area contributed by atoms with Gasteiger partial charge in [0.2, 0.25) is 0 Å². The fraction of sp³-hybridized carbons (Fsp3) is 0.318. The van der Waals surface area contributed by atoms with E-state index in [4.69, 9.17) is 4.98 Å². The zero-order valence-corrected chi connectivity index (χ0v) is 14.9. The van der Waals surface area contributed by atoms with Gasteiger partial charge in [-0.05, 0) is 24.2 Å². The first kappa shape index (κ1) is 16.2. The predicted octanol–water partition coefficient (Wildman–Crippen LogP) is 4.04. The van der Waals surface area contributed by atoms with Gasteiger partial charge in [0.25, 0.3) is 0 Å². The van der Waals surface area contributed by atoms with E-state index in [1.54, 1.807) is 0 Å². The van der Waals surface area contributed by atoms with Gasteiger partial charge in [-0.25, -0.2) is 4.98 Å². The molecule has 4 rings (SSSR count). The van der Waals surface area contributed by atoms with Crippen LogP contribution in [0.25, 0.3) is 22.2 Å². The molecule has 0 spiro atoms. The molecular formula is C22H25N3. The summed E-state index contributed by atoms with van der Waals surface area (Å²) < 4.78 is 0. The summed E-state index contributed by atoms with van der Waals surface area (Å²) >= 11 is 0. The Morgan fingerprint density at radius 3 is 2.28 bits per heavy atom. The van der Waals surface area contributed by atoms with Gasteiger partial charge in [-0.3, -0.25) is 4.90 Å². The molecule has 128 valence electrons. The molecular weight excluding hydrogens is 306 g/mol. The van der Waals surface area contributed by atoms with E-state index >= 15 is 0 Å². The van der Waals surface area contributed by atoms with Crippen LogP contribution in [0.3, 0.4) is 0 Å². The van der Waals surface area contributed by atoms with Gasteiger partial charge in [-0.15, -0.1) is 0 Å². The summed E-state index contributed by atoms with van der Waals surface area (Å²) in [6, 6.07) is 21.3. The largest absolute Gasteiger partial charge is 0.301 e. The number of rotatable bonds is 4. The molecule has 0 saturated carbocycles. The van der Waals surface area contributed by atoms with Gasteiger partial charge in [-0.2, -0.15) is 0 Å². The highest BCUT2D eigenvalue weighted by atomic mass is 15.3. The van der Waals surface area contributed by atoms with E-state index in [0.29, 0.717) is 0 Å². The first-order valence-corrected chi connectivity index (χ1v) is 9.22. The summed E-state index contributed by atoms with van der Waals surface area (Å²) in [4.78, 5) is 10.1. The number of aromatic nitrogens is 1. The summed E-state index contributed by atoms with van der Waals surface area (Å²) in [6.07, 6.45) is 0. The highest BCUT2D eigenvalue weighted by Gasteiger charge is 2.18. The topological polar surface area (TPSA) is 19.4 Å². The van der Waals surface area contributed by atoms with Gasteiger partial charge >= 0.3 is 0 Å². The lowest BCUT2D eigenvalue weighted by Crippen LogP contribution is -2.45. The number of benzene rings is 2. The standard InChI is InChI=1S/C22H25N3/c1-2-24-12-14-25(15-13-24)17-20-16-19-10-6-7-11-21(19)23-22(20)18-8-4-3-5-9-18/h3-11,16H,2,12-15,17H2,1H3. The molecule has 3 heteroatoms. The summed E-state index contributed by atoms with van der Waals surface area (Å²) in [7, 11) is 0. The second kappa shape index (κ2) is 7.34. The van der Waals surface area contributed by atoms with E-state index in [0.717, 1.165) is 50.5 Å². The van der Waals surface area contributed by atoms with Crippen LogP contribution in [0, 0.1) is 0 Å². The summed E-state index contributed by atoms with van der Waals surface area (Å²) in [5.74, 6) is 0. The Kier molecular flexibility index (Phi) is 4.77. The first-order valence-electron chi connectivity index (χ1n) is 9.22. The lowest BCUT2D eigenvalue weighted by molar-refractivity contribution is 0.132. The molecule has 0 radical (unpaired) electrons. The minimum atomic E-state index is 0.972.